The summed E-state index contributed by atoms with van der Waals surface area (Å²) in [6, 6.07) is 20.6. The average molecular weight is 489 g/mol. The molecule has 1 aliphatic rings. The summed E-state index contributed by atoms with van der Waals surface area (Å²) in [4.78, 5) is 42.3. The lowest BCUT2D eigenvalue weighted by atomic mass is 10.1. The van der Waals surface area contributed by atoms with E-state index in [9.17, 15) is 14.4 Å². The van der Waals surface area contributed by atoms with Crippen molar-refractivity contribution >= 4 is 46.9 Å². The van der Waals surface area contributed by atoms with Gasteiger partial charge < -0.3 is 10.1 Å². The van der Waals surface area contributed by atoms with Gasteiger partial charge in [0.25, 0.3) is 11.8 Å². The molecule has 1 aliphatic heterocycles. The maximum Gasteiger partial charge on any atom is 0.297 e. The van der Waals surface area contributed by atoms with Crippen LogP contribution in [0.5, 0.6) is 5.75 Å². The van der Waals surface area contributed by atoms with Crippen molar-refractivity contribution < 1.29 is 19.1 Å². The summed E-state index contributed by atoms with van der Waals surface area (Å²) in [5.41, 5.74) is 4.82. The SMILES string of the molecule is COc1cc(NC(C)=O)ccc1C(=O)NN1C(=O)/C(=C/c2ccc(Cl)cc2)N=C1c1ccccc1. The second kappa shape index (κ2) is 10.2. The number of anilines is 1. The fourth-order valence-electron chi connectivity index (χ4n) is 3.44. The maximum absolute atomic E-state index is 13.3. The third-order valence-electron chi connectivity index (χ3n) is 5.05. The topological polar surface area (TPSA) is 100 Å². The molecule has 2 N–H and O–H groups in total. The Morgan fingerprint density at radius 1 is 1.03 bits per heavy atom. The molecule has 9 heteroatoms. The van der Waals surface area contributed by atoms with Crippen LogP contribution in [0.15, 0.2) is 83.5 Å². The predicted molar refractivity (Wildman–Crippen MR) is 134 cm³/mol. The van der Waals surface area contributed by atoms with Gasteiger partial charge >= 0.3 is 0 Å². The standard InChI is InChI=1S/C26H21ClN4O4/c1-16(32)28-20-12-13-21(23(15-20)35-2)25(33)30-31-24(18-6-4-3-5-7-18)29-22(26(31)34)14-17-8-10-19(27)11-9-17/h3-15H,1-2H3,(H,28,32)(H,30,33)/b22-14-. The number of rotatable bonds is 6. The third kappa shape index (κ3) is 5.39. The van der Waals surface area contributed by atoms with Gasteiger partial charge in [0, 0.05) is 29.3 Å². The maximum atomic E-state index is 13.3. The first kappa shape index (κ1) is 23.7. The molecule has 0 saturated heterocycles. The highest BCUT2D eigenvalue weighted by Crippen LogP contribution is 2.25. The molecule has 0 bridgehead atoms. The number of nitrogens with zero attached hydrogens (tertiary/aromatic N) is 2. The summed E-state index contributed by atoms with van der Waals surface area (Å²) in [6.45, 7) is 1.38. The van der Waals surface area contributed by atoms with Gasteiger partial charge in [-0.2, -0.15) is 5.01 Å². The number of carbonyl (C=O) groups excluding carboxylic acids is 3. The normalized spacial score (nSPS) is 14.0. The minimum atomic E-state index is -0.582. The van der Waals surface area contributed by atoms with Crippen LogP contribution >= 0.6 is 11.6 Å². The van der Waals surface area contributed by atoms with Crippen LogP contribution < -0.4 is 15.5 Å². The van der Waals surface area contributed by atoms with E-state index in [0.717, 1.165) is 10.6 Å². The zero-order chi connectivity index (χ0) is 24.9. The Hall–Kier alpha value is -4.43. The summed E-state index contributed by atoms with van der Waals surface area (Å²) in [6.07, 6.45) is 1.62. The lowest BCUT2D eigenvalue weighted by Crippen LogP contribution is -2.47. The summed E-state index contributed by atoms with van der Waals surface area (Å²) in [5, 5.41) is 4.32. The number of benzene rings is 3. The summed E-state index contributed by atoms with van der Waals surface area (Å²) >= 11 is 5.96. The average Bonchev–Trinajstić information content (AvgIpc) is 3.15. The molecule has 3 aromatic carbocycles. The lowest BCUT2D eigenvalue weighted by Gasteiger charge is -2.20. The van der Waals surface area contributed by atoms with Gasteiger partial charge in [-0.05, 0) is 35.9 Å². The molecule has 0 aromatic heterocycles. The zero-order valence-electron chi connectivity index (χ0n) is 18.9. The van der Waals surface area contributed by atoms with Crippen LogP contribution in [0, 0.1) is 0 Å². The smallest absolute Gasteiger partial charge is 0.297 e. The molecular weight excluding hydrogens is 468 g/mol. The van der Waals surface area contributed by atoms with E-state index in [1.807, 2.05) is 18.2 Å². The summed E-state index contributed by atoms with van der Waals surface area (Å²) < 4.78 is 5.33. The molecule has 3 amide bonds. The minimum absolute atomic E-state index is 0.152. The Morgan fingerprint density at radius 2 is 1.74 bits per heavy atom. The number of nitrogens with one attached hydrogen (secondary N) is 2. The Kier molecular flexibility index (Phi) is 6.93. The number of amidine groups is 1. The minimum Gasteiger partial charge on any atom is -0.496 e. The number of hydrogen-bond donors (Lipinski definition) is 2. The number of hydrogen-bond acceptors (Lipinski definition) is 5. The highest BCUT2D eigenvalue weighted by atomic mass is 35.5. The van der Waals surface area contributed by atoms with E-state index < -0.39 is 11.8 Å². The molecule has 0 unspecified atom stereocenters. The molecule has 0 fully saturated rings. The Labute approximate surface area is 206 Å². The Morgan fingerprint density at radius 3 is 2.40 bits per heavy atom. The molecule has 35 heavy (non-hydrogen) atoms. The number of amides is 3. The van der Waals surface area contributed by atoms with Crippen LogP contribution in [0.3, 0.4) is 0 Å². The molecule has 176 valence electrons. The van der Waals surface area contributed by atoms with Gasteiger partial charge in [0.1, 0.15) is 11.4 Å². The number of methoxy groups -OCH3 is 1. The first-order valence-electron chi connectivity index (χ1n) is 10.6. The molecule has 0 radical (unpaired) electrons. The van der Waals surface area contributed by atoms with E-state index in [1.165, 1.54) is 26.2 Å². The third-order valence-corrected chi connectivity index (χ3v) is 5.30. The number of halogens is 1. The van der Waals surface area contributed by atoms with Crippen LogP contribution in [-0.2, 0) is 9.59 Å². The van der Waals surface area contributed by atoms with Gasteiger partial charge in [0.15, 0.2) is 5.84 Å². The lowest BCUT2D eigenvalue weighted by molar-refractivity contribution is -0.124. The number of carbonyl (C=O) groups is 3. The molecule has 1 heterocycles. The highest BCUT2D eigenvalue weighted by molar-refractivity contribution is 6.30. The molecule has 0 atom stereocenters. The van der Waals surface area contributed by atoms with Crippen molar-refractivity contribution in [1.29, 1.82) is 0 Å². The molecule has 0 saturated carbocycles. The zero-order valence-corrected chi connectivity index (χ0v) is 19.7. The van der Waals surface area contributed by atoms with Gasteiger partial charge in [-0.15, -0.1) is 0 Å². The van der Waals surface area contributed by atoms with Crippen LogP contribution in [0.25, 0.3) is 6.08 Å². The van der Waals surface area contributed by atoms with Crippen LogP contribution in [0.1, 0.15) is 28.4 Å². The summed E-state index contributed by atoms with van der Waals surface area (Å²) in [7, 11) is 1.41. The van der Waals surface area contributed by atoms with Crippen molar-refractivity contribution in [1.82, 2.24) is 10.4 Å². The number of hydrazine groups is 1. The molecule has 3 aromatic rings. The van der Waals surface area contributed by atoms with E-state index in [-0.39, 0.29) is 28.8 Å². The van der Waals surface area contributed by atoms with E-state index in [2.05, 4.69) is 15.7 Å². The van der Waals surface area contributed by atoms with E-state index in [1.54, 1.807) is 48.5 Å². The monoisotopic (exact) mass is 488 g/mol. The van der Waals surface area contributed by atoms with E-state index in [0.29, 0.717) is 16.3 Å². The highest BCUT2D eigenvalue weighted by Gasteiger charge is 2.33. The van der Waals surface area contributed by atoms with Crippen LogP contribution in [-0.4, -0.2) is 35.7 Å². The number of ether oxygens (including phenoxy) is 1. The molecule has 4 rings (SSSR count). The fourth-order valence-corrected chi connectivity index (χ4v) is 3.57. The van der Waals surface area contributed by atoms with Gasteiger partial charge in [-0.25, -0.2) is 4.99 Å². The summed E-state index contributed by atoms with van der Waals surface area (Å²) in [5.74, 6) is -0.828. The van der Waals surface area contributed by atoms with Crippen molar-refractivity contribution in [2.75, 3.05) is 12.4 Å². The molecule has 0 spiro atoms. The Bertz CT molecular complexity index is 1350. The molecule has 0 aliphatic carbocycles. The molecular formula is C26H21ClN4O4. The second-order valence-electron chi connectivity index (χ2n) is 7.56. The quantitative estimate of drug-likeness (QED) is 0.506. The van der Waals surface area contributed by atoms with Crippen LogP contribution in [0.4, 0.5) is 5.69 Å². The molecule has 8 nitrogen and oxygen atoms in total. The first-order valence-corrected chi connectivity index (χ1v) is 11.0. The van der Waals surface area contributed by atoms with Gasteiger partial charge in [-0.1, -0.05) is 54.1 Å². The number of aliphatic imine (C=N–C) groups is 1. The predicted octanol–water partition coefficient (Wildman–Crippen LogP) is 4.28. The van der Waals surface area contributed by atoms with Crippen LogP contribution in [0.2, 0.25) is 5.02 Å². The van der Waals surface area contributed by atoms with E-state index in [4.69, 9.17) is 16.3 Å². The largest absolute Gasteiger partial charge is 0.496 e. The van der Waals surface area contributed by atoms with Crippen molar-refractivity contribution in [3.8, 4) is 5.75 Å². The van der Waals surface area contributed by atoms with Gasteiger partial charge in [0.05, 0.1) is 12.7 Å². The Balaban J connectivity index is 1.66. The van der Waals surface area contributed by atoms with Crippen molar-refractivity contribution in [3.05, 3.63) is 100 Å². The van der Waals surface area contributed by atoms with Crippen molar-refractivity contribution in [2.24, 2.45) is 4.99 Å². The first-order chi connectivity index (χ1) is 16.9. The van der Waals surface area contributed by atoms with Crippen molar-refractivity contribution in [3.63, 3.8) is 0 Å². The van der Waals surface area contributed by atoms with Gasteiger partial charge in [0.2, 0.25) is 5.91 Å². The van der Waals surface area contributed by atoms with Crippen molar-refractivity contribution in [2.45, 2.75) is 6.92 Å². The van der Waals surface area contributed by atoms with E-state index >= 15 is 0 Å². The van der Waals surface area contributed by atoms with Gasteiger partial charge in [-0.3, -0.25) is 19.8 Å². The second-order valence-corrected chi connectivity index (χ2v) is 8.00. The fraction of sp³-hybridized carbons (Fsp3) is 0.0769.